The third kappa shape index (κ3) is 4.18. The van der Waals surface area contributed by atoms with Gasteiger partial charge in [0.05, 0.1) is 28.3 Å². The number of ether oxygens (including phenoxy) is 1. The second-order valence-electron chi connectivity index (χ2n) is 7.57. The molecule has 3 aromatic rings. The molecule has 3 aromatic carbocycles. The first-order valence-corrected chi connectivity index (χ1v) is 13.0. The van der Waals surface area contributed by atoms with Crippen molar-refractivity contribution in [1.82, 2.24) is 0 Å². The van der Waals surface area contributed by atoms with Crippen LogP contribution in [0.4, 0.5) is 11.4 Å². The molecule has 1 N–H and O–H groups in total. The van der Waals surface area contributed by atoms with Crippen LogP contribution >= 0.6 is 0 Å². The molecule has 7 nitrogen and oxygen atoms in total. The van der Waals surface area contributed by atoms with Crippen molar-refractivity contribution in [3.8, 4) is 5.75 Å². The van der Waals surface area contributed by atoms with Crippen LogP contribution < -0.4 is 13.8 Å². The molecule has 32 heavy (non-hydrogen) atoms. The van der Waals surface area contributed by atoms with Crippen LogP contribution in [-0.4, -0.2) is 30.5 Å². The van der Waals surface area contributed by atoms with Crippen LogP contribution in [0.5, 0.6) is 5.75 Å². The predicted octanol–water partition coefficient (Wildman–Crippen LogP) is 3.95. The van der Waals surface area contributed by atoms with Crippen molar-refractivity contribution in [2.45, 2.75) is 29.6 Å². The highest BCUT2D eigenvalue weighted by Crippen LogP contribution is 2.35. The first-order chi connectivity index (χ1) is 15.2. The van der Waals surface area contributed by atoms with Crippen LogP contribution in [0.1, 0.15) is 17.5 Å². The normalized spacial score (nSPS) is 14.0. The fourth-order valence-electron chi connectivity index (χ4n) is 3.81. The molecule has 0 aliphatic carbocycles. The Kier molecular flexibility index (Phi) is 5.87. The molecule has 168 valence electrons. The molecule has 1 heterocycles. The van der Waals surface area contributed by atoms with Crippen molar-refractivity contribution in [3.05, 3.63) is 77.9 Å². The number of aryl methyl sites for hydroxylation is 2. The molecule has 0 atom stereocenters. The van der Waals surface area contributed by atoms with Gasteiger partial charge in [-0.25, -0.2) is 16.8 Å². The highest BCUT2D eigenvalue weighted by molar-refractivity contribution is 7.93. The first kappa shape index (κ1) is 22.2. The van der Waals surface area contributed by atoms with E-state index in [0.717, 1.165) is 12.0 Å². The average molecular weight is 473 g/mol. The highest BCUT2D eigenvalue weighted by atomic mass is 32.2. The van der Waals surface area contributed by atoms with Crippen molar-refractivity contribution in [2.24, 2.45) is 0 Å². The van der Waals surface area contributed by atoms with E-state index < -0.39 is 20.0 Å². The van der Waals surface area contributed by atoms with Crippen molar-refractivity contribution in [2.75, 3.05) is 22.7 Å². The van der Waals surface area contributed by atoms with E-state index in [1.165, 1.54) is 23.5 Å². The van der Waals surface area contributed by atoms with Crippen molar-refractivity contribution < 1.29 is 21.6 Å². The molecule has 0 bridgehead atoms. The minimum absolute atomic E-state index is 0.0993. The largest absolute Gasteiger partial charge is 0.496 e. The number of rotatable bonds is 6. The molecule has 0 fully saturated rings. The monoisotopic (exact) mass is 472 g/mol. The Morgan fingerprint density at radius 3 is 2.34 bits per heavy atom. The van der Waals surface area contributed by atoms with Crippen LogP contribution in [0.15, 0.2) is 76.5 Å². The van der Waals surface area contributed by atoms with Gasteiger partial charge in [0.2, 0.25) is 0 Å². The number of methoxy groups -OCH3 is 1. The van der Waals surface area contributed by atoms with Gasteiger partial charge in [-0.15, -0.1) is 0 Å². The Hall–Kier alpha value is -3.04. The summed E-state index contributed by atoms with van der Waals surface area (Å²) in [6.45, 7) is 2.10. The zero-order valence-electron chi connectivity index (χ0n) is 17.8. The fourth-order valence-corrected chi connectivity index (χ4v) is 6.49. The SMILES string of the molecule is COc1ccc(S(=O)(=O)Nc2ccc3c(c2)N(S(=O)(=O)c2ccccc2)CCC3)cc1C. The van der Waals surface area contributed by atoms with E-state index in [0.29, 0.717) is 35.7 Å². The van der Waals surface area contributed by atoms with E-state index in [4.69, 9.17) is 4.74 Å². The van der Waals surface area contributed by atoms with Crippen molar-refractivity contribution in [3.63, 3.8) is 0 Å². The molecule has 0 unspecified atom stereocenters. The number of hydrogen-bond acceptors (Lipinski definition) is 5. The van der Waals surface area contributed by atoms with E-state index in [-0.39, 0.29) is 9.79 Å². The van der Waals surface area contributed by atoms with Gasteiger partial charge in [-0.1, -0.05) is 24.3 Å². The summed E-state index contributed by atoms with van der Waals surface area (Å²) in [6, 6.07) is 17.9. The van der Waals surface area contributed by atoms with Gasteiger partial charge in [0.25, 0.3) is 20.0 Å². The standard InChI is InChI=1S/C23H24N2O5S2/c1-17-15-21(12-13-23(17)30-2)31(26,27)24-19-11-10-18-7-6-14-25(22(18)16-19)32(28,29)20-8-4-3-5-9-20/h3-5,8-13,15-16,24H,6-7,14H2,1-2H3. The number of benzene rings is 3. The second-order valence-corrected chi connectivity index (χ2v) is 11.1. The molecular formula is C23H24N2O5S2. The quantitative estimate of drug-likeness (QED) is 0.587. The Labute approximate surface area is 188 Å². The van der Waals surface area contributed by atoms with Gasteiger partial charge >= 0.3 is 0 Å². The Balaban J connectivity index is 1.69. The fraction of sp³-hybridized carbons (Fsp3) is 0.217. The van der Waals surface area contributed by atoms with E-state index in [2.05, 4.69) is 4.72 Å². The summed E-state index contributed by atoms with van der Waals surface area (Å²) in [5, 5.41) is 0. The van der Waals surface area contributed by atoms with Gasteiger partial charge < -0.3 is 4.74 Å². The molecule has 1 aliphatic heterocycles. The van der Waals surface area contributed by atoms with Gasteiger partial charge in [0.15, 0.2) is 0 Å². The molecule has 1 aliphatic rings. The second kappa shape index (κ2) is 8.48. The molecule has 9 heteroatoms. The van der Waals surface area contributed by atoms with Crippen LogP contribution in [0, 0.1) is 6.92 Å². The molecule has 0 aromatic heterocycles. The zero-order valence-corrected chi connectivity index (χ0v) is 19.4. The van der Waals surface area contributed by atoms with E-state index >= 15 is 0 Å². The minimum atomic E-state index is -3.87. The van der Waals surface area contributed by atoms with E-state index in [1.54, 1.807) is 61.5 Å². The van der Waals surface area contributed by atoms with Crippen molar-refractivity contribution in [1.29, 1.82) is 0 Å². The molecule has 0 amide bonds. The molecule has 0 saturated carbocycles. The van der Waals surface area contributed by atoms with Gasteiger partial charge in [0, 0.05) is 6.54 Å². The van der Waals surface area contributed by atoms with Crippen LogP contribution in [-0.2, 0) is 26.5 Å². The first-order valence-electron chi connectivity index (χ1n) is 10.1. The number of nitrogens with zero attached hydrogens (tertiary/aromatic N) is 1. The van der Waals surface area contributed by atoms with Crippen LogP contribution in [0.3, 0.4) is 0 Å². The van der Waals surface area contributed by atoms with Gasteiger partial charge in [-0.2, -0.15) is 0 Å². The summed E-state index contributed by atoms with van der Waals surface area (Å²) < 4.78 is 61.5. The van der Waals surface area contributed by atoms with Crippen LogP contribution in [0.2, 0.25) is 0 Å². The molecule has 0 radical (unpaired) electrons. The van der Waals surface area contributed by atoms with Gasteiger partial charge in [-0.05, 0) is 73.4 Å². The number of anilines is 2. The van der Waals surface area contributed by atoms with E-state index in [9.17, 15) is 16.8 Å². The van der Waals surface area contributed by atoms with Crippen molar-refractivity contribution >= 4 is 31.4 Å². The lowest BCUT2D eigenvalue weighted by Crippen LogP contribution is -2.35. The Morgan fingerprint density at radius 1 is 0.906 bits per heavy atom. The maximum atomic E-state index is 13.2. The van der Waals surface area contributed by atoms with Crippen LogP contribution in [0.25, 0.3) is 0 Å². The lowest BCUT2D eigenvalue weighted by atomic mass is 10.0. The zero-order chi connectivity index (χ0) is 22.9. The lowest BCUT2D eigenvalue weighted by molar-refractivity contribution is 0.411. The molecule has 0 saturated heterocycles. The number of nitrogens with one attached hydrogen (secondary N) is 1. The molecule has 4 rings (SSSR count). The summed E-state index contributed by atoms with van der Waals surface area (Å²) in [7, 11) is -6.10. The third-order valence-electron chi connectivity index (χ3n) is 5.42. The summed E-state index contributed by atoms with van der Waals surface area (Å²) in [6.07, 6.45) is 1.41. The summed E-state index contributed by atoms with van der Waals surface area (Å²) >= 11 is 0. The van der Waals surface area contributed by atoms with Gasteiger partial charge in [-0.3, -0.25) is 9.03 Å². The lowest BCUT2D eigenvalue weighted by Gasteiger charge is -2.31. The predicted molar refractivity (Wildman–Crippen MR) is 124 cm³/mol. The molecule has 0 spiro atoms. The van der Waals surface area contributed by atoms with Gasteiger partial charge in [0.1, 0.15) is 5.75 Å². The number of sulfonamides is 2. The number of fused-ring (bicyclic) bond motifs is 1. The summed E-state index contributed by atoms with van der Waals surface area (Å²) in [5.41, 5.74) is 2.35. The highest BCUT2D eigenvalue weighted by Gasteiger charge is 2.29. The third-order valence-corrected chi connectivity index (χ3v) is 8.63. The maximum Gasteiger partial charge on any atom is 0.264 e. The summed E-state index contributed by atoms with van der Waals surface area (Å²) in [4.78, 5) is 0.301. The minimum Gasteiger partial charge on any atom is -0.496 e. The smallest absolute Gasteiger partial charge is 0.264 e. The number of hydrogen-bond donors (Lipinski definition) is 1. The average Bonchev–Trinajstić information content (AvgIpc) is 2.79. The Bertz CT molecular complexity index is 1350. The maximum absolute atomic E-state index is 13.2. The summed E-state index contributed by atoms with van der Waals surface area (Å²) in [5.74, 6) is 0.597. The molecular weight excluding hydrogens is 448 g/mol. The van der Waals surface area contributed by atoms with E-state index in [1.807, 2.05) is 0 Å². The Morgan fingerprint density at radius 2 is 1.66 bits per heavy atom. The topological polar surface area (TPSA) is 92.8 Å².